The molecule has 0 bridgehead atoms. The lowest BCUT2D eigenvalue weighted by atomic mass is 10.0. The molecule has 0 saturated heterocycles. The number of nitrogens with zero attached hydrogens (tertiary/aromatic N) is 1. The lowest BCUT2D eigenvalue weighted by Crippen LogP contribution is -2.46. The number of carbonyl (C=O) groups excluding carboxylic acids is 1. The molecule has 8 nitrogen and oxygen atoms in total. The summed E-state index contributed by atoms with van der Waals surface area (Å²) in [6.45, 7) is 4.53. The van der Waals surface area contributed by atoms with E-state index in [9.17, 15) is 19.4 Å². The van der Waals surface area contributed by atoms with E-state index in [2.05, 4.69) is 79.9 Å². The van der Waals surface area contributed by atoms with Gasteiger partial charge < -0.3 is 28.8 Å². The van der Waals surface area contributed by atoms with Gasteiger partial charge in [0.1, 0.15) is 13.2 Å². The summed E-state index contributed by atoms with van der Waals surface area (Å²) < 4.78 is 23.1. The van der Waals surface area contributed by atoms with Crippen LogP contribution in [0.5, 0.6) is 0 Å². The average molecular weight is 765 g/mol. The standard InChI is InChI=1S/C44H81N2O6P/c1-6-8-10-12-14-16-17-18-19-20-21-22-23-24-25-26-27-28-29-30-32-34-36-38-44(48)45-42(41-52-53(49,50)51-40-39-46(3,4)5)43(47)37-35-33-31-15-13-11-9-7-2/h8,10,14,16,18-19,21-22,24-25,42-43,47H,6-7,9,11-13,15,17,20,23,26-41H2,1-5H3,(H-,45,48,49,50)/b10-8-,16-14-,19-18-,22-21-,25-24-. The van der Waals surface area contributed by atoms with Gasteiger partial charge in [-0.15, -0.1) is 0 Å². The number of allylic oxidation sites excluding steroid dienone is 10. The number of hydrogen-bond acceptors (Lipinski definition) is 6. The Bertz CT molecular complexity index is 1050. The number of aliphatic hydroxyl groups excluding tert-OH is 1. The van der Waals surface area contributed by atoms with Crippen molar-refractivity contribution < 1.29 is 32.9 Å². The van der Waals surface area contributed by atoms with Gasteiger partial charge in [0.2, 0.25) is 5.91 Å². The molecule has 0 rings (SSSR count). The van der Waals surface area contributed by atoms with Crippen molar-refractivity contribution in [1.29, 1.82) is 0 Å². The second-order valence-electron chi connectivity index (χ2n) is 15.3. The van der Waals surface area contributed by atoms with E-state index in [1.54, 1.807) is 0 Å². The zero-order valence-electron chi connectivity index (χ0n) is 34.7. The number of phosphoric ester groups is 1. The first kappa shape index (κ1) is 51.2. The first-order chi connectivity index (χ1) is 25.5. The van der Waals surface area contributed by atoms with E-state index < -0.39 is 20.0 Å². The van der Waals surface area contributed by atoms with Crippen molar-refractivity contribution >= 4 is 13.7 Å². The third kappa shape index (κ3) is 38.3. The van der Waals surface area contributed by atoms with Gasteiger partial charge in [-0.2, -0.15) is 0 Å². The van der Waals surface area contributed by atoms with Crippen LogP contribution in [0.3, 0.4) is 0 Å². The molecule has 0 saturated carbocycles. The summed E-state index contributed by atoms with van der Waals surface area (Å²) in [6.07, 6.45) is 45.2. The number of unbranched alkanes of at least 4 members (excludes halogenated alkanes) is 14. The molecule has 0 aromatic rings. The Morgan fingerprint density at radius 2 is 1.15 bits per heavy atom. The summed E-state index contributed by atoms with van der Waals surface area (Å²) in [5, 5.41) is 13.8. The van der Waals surface area contributed by atoms with Gasteiger partial charge in [0.05, 0.1) is 39.9 Å². The van der Waals surface area contributed by atoms with Crippen LogP contribution in [0.4, 0.5) is 0 Å². The second-order valence-corrected chi connectivity index (χ2v) is 16.7. The molecule has 0 spiro atoms. The average Bonchev–Trinajstić information content (AvgIpc) is 3.10. The molecule has 0 aliphatic carbocycles. The maximum absolute atomic E-state index is 12.8. The molecule has 0 fully saturated rings. The third-order valence-electron chi connectivity index (χ3n) is 9.02. The van der Waals surface area contributed by atoms with Crippen molar-refractivity contribution in [3.63, 3.8) is 0 Å². The fraction of sp³-hybridized carbons (Fsp3) is 0.750. The van der Waals surface area contributed by atoms with Crippen LogP contribution in [0.25, 0.3) is 0 Å². The minimum absolute atomic E-state index is 0.00636. The van der Waals surface area contributed by atoms with Gasteiger partial charge in [0.25, 0.3) is 7.82 Å². The Morgan fingerprint density at radius 1 is 0.679 bits per heavy atom. The van der Waals surface area contributed by atoms with Crippen LogP contribution in [0.15, 0.2) is 60.8 Å². The quantitative estimate of drug-likeness (QED) is 0.0282. The molecule has 0 aromatic heterocycles. The highest BCUT2D eigenvalue weighted by atomic mass is 31.2. The van der Waals surface area contributed by atoms with Crippen molar-refractivity contribution in [3.8, 4) is 0 Å². The first-order valence-corrected chi connectivity index (χ1v) is 22.6. The maximum Gasteiger partial charge on any atom is 0.268 e. The number of quaternary nitrogens is 1. The highest BCUT2D eigenvalue weighted by Gasteiger charge is 2.24. The monoisotopic (exact) mass is 765 g/mol. The van der Waals surface area contributed by atoms with Crippen molar-refractivity contribution in [3.05, 3.63) is 60.8 Å². The van der Waals surface area contributed by atoms with Crippen molar-refractivity contribution in [2.45, 2.75) is 174 Å². The lowest BCUT2D eigenvalue weighted by Gasteiger charge is -2.30. The molecule has 9 heteroatoms. The van der Waals surface area contributed by atoms with Crippen LogP contribution in [0.2, 0.25) is 0 Å². The Kier molecular flexibility index (Phi) is 34.7. The minimum Gasteiger partial charge on any atom is -0.756 e. The van der Waals surface area contributed by atoms with Crippen LogP contribution in [-0.2, 0) is 18.4 Å². The molecule has 3 unspecified atom stereocenters. The molecule has 3 atom stereocenters. The van der Waals surface area contributed by atoms with E-state index in [0.29, 0.717) is 23.9 Å². The second kappa shape index (κ2) is 35.9. The molecule has 0 aliphatic rings. The van der Waals surface area contributed by atoms with E-state index >= 15 is 0 Å². The van der Waals surface area contributed by atoms with Gasteiger partial charge in [-0.3, -0.25) is 9.36 Å². The summed E-state index contributed by atoms with van der Waals surface area (Å²) >= 11 is 0. The number of amides is 1. The van der Waals surface area contributed by atoms with E-state index in [1.165, 1.54) is 51.4 Å². The summed E-state index contributed by atoms with van der Waals surface area (Å²) in [4.78, 5) is 25.2. The van der Waals surface area contributed by atoms with Crippen LogP contribution >= 0.6 is 7.82 Å². The van der Waals surface area contributed by atoms with Crippen LogP contribution < -0.4 is 10.2 Å². The van der Waals surface area contributed by atoms with E-state index in [0.717, 1.165) is 83.5 Å². The van der Waals surface area contributed by atoms with Crippen LogP contribution in [0, 0.1) is 0 Å². The van der Waals surface area contributed by atoms with E-state index in [4.69, 9.17) is 9.05 Å². The van der Waals surface area contributed by atoms with Crippen molar-refractivity contribution in [1.82, 2.24) is 5.32 Å². The highest BCUT2D eigenvalue weighted by Crippen LogP contribution is 2.38. The molecular formula is C44H81N2O6P. The minimum atomic E-state index is -4.56. The summed E-state index contributed by atoms with van der Waals surface area (Å²) in [5.41, 5.74) is 0. The largest absolute Gasteiger partial charge is 0.756 e. The third-order valence-corrected chi connectivity index (χ3v) is 9.98. The van der Waals surface area contributed by atoms with Crippen LogP contribution in [-0.4, -0.2) is 68.5 Å². The zero-order valence-corrected chi connectivity index (χ0v) is 35.6. The number of likely N-dealkylation sites (N-methyl/N-ethyl adjacent to an activating group) is 1. The Morgan fingerprint density at radius 3 is 1.68 bits per heavy atom. The molecule has 308 valence electrons. The first-order valence-electron chi connectivity index (χ1n) is 21.1. The summed E-state index contributed by atoms with van der Waals surface area (Å²) in [7, 11) is 1.28. The fourth-order valence-electron chi connectivity index (χ4n) is 5.65. The maximum atomic E-state index is 12.8. The van der Waals surface area contributed by atoms with E-state index in [-0.39, 0.29) is 19.1 Å². The Labute approximate surface area is 326 Å². The number of carbonyl (C=O) groups is 1. The van der Waals surface area contributed by atoms with Gasteiger partial charge in [-0.05, 0) is 57.8 Å². The fourth-order valence-corrected chi connectivity index (χ4v) is 6.37. The normalized spacial score (nSPS) is 15.1. The highest BCUT2D eigenvalue weighted by molar-refractivity contribution is 7.45. The van der Waals surface area contributed by atoms with Gasteiger partial charge in [-0.25, -0.2) is 0 Å². The van der Waals surface area contributed by atoms with Gasteiger partial charge in [0, 0.05) is 6.42 Å². The van der Waals surface area contributed by atoms with Crippen molar-refractivity contribution in [2.75, 3.05) is 40.9 Å². The topological polar surface area (TPSA) is 108 Å². The molecule has 53 heavy (non-hydrogen) atoms. The SMILES string of the molecule is CC/C=C\C/C=C\C/C=C\C/C=C\C/C=C\CCCCCCCCCC(=O)NC(COP(=O)([O-])OCC[N+](C)(C)C)C(O)CCCCCCCCCC. The summed E-state index contributed by atoms with van der Waals surface area (Å²) in [5.74, 6) is -0.183. The predicted octanol–water partition coefficient (Wildman–Crippen LogP) is 10.8. The lowest BCUT2D eigenvalue weighted by molar-refractivity contribution is -0.870. The predicted molar refractivity (Wildman–Crippen MR) is 224 cm³/mol. The Balaban J connectivity index is 4.27. The molecule has 0 aliphatic heterocycles. The molecule has 0 radical (unpaired) electrons. The number of rotatable bonds is 37. The molecule has 1 amide bonds. The van der Waals surface area contributed by atoms with Crippen LogP contribution in [0.1, 0.15) is 162 Å². The smallest absolute Gasteiger partial charge is 0.268 e. The zero-order chi connectivity index (χ0) is 39.3. The summed E-state index contributed by atoms with van der Waals surface area (Å²) in [6, 6.07) is -0.806. The number of hydrogen-bond donors (Lipinski definition) is 2. The molecule has 0 aromatic carbocycles. The number of nitrogens with one attached hydrogen (secondary N) is 1. The molecular weight excluding hydrogens is 683 g/mol. The molecule has 0 heterocycles. The van der Waals surface area contributed by atoms with Crippen molar-refractivity contribution in [2.24, 2.45) is 0 Å². The molecule has 2 N–H and O–H groups in total. The van der Waals surface area contributed by atoms with Gasteiger partial charge >= 0.3 is 0 Å². The van der Waals surface area contributed by atoms with E-state index in [1.807, 2.05) is 21.1 Å². The number of aliphatic hydroxyl groups is 1. The van der Waals surface area contributed by atoms with Gasteiger partial charge in [-0.1, -0.05) is 158 Å². The number of phosphoric acid groups is 1. The Hall–Kier alpha value is -1.80. The van der Waals surface area contributed by atoms with Gasteiger partial charge in [0.15, 0.2) is 0 Å².